The van der Waals surface area contributed by atoms with Gasteiger partial charge in [-0.2, -0.15) is 0 Å². The van der Waals surface area contributed by atoms with E-state index in [1.165, 1.54) is 18.1 Å². The van der Waals surface area contributed by atoms with Crippen LogP contribution in [0, 0.1) is 6.92 Å². The Balaban J connectivity index is 1.85. The number of likely N-dealkylation sites (tertiary alicyclic amines) is 1. The van der Waals surface area contributed by atoms with Gasteiger partial charge in [0.05, 0.1) is 24.8 Å². The maximum absolute atomic E-state index is 13.0. The fraction of sp³-hybridized carbons (Fsp3) is 0.333. The van der Waals surface area contributed by atoms with Crippen LogP contribution in [0.5, 0.6) is 11.5 Å². The number of phenolic OH excluding ortho intramolecular Hbond substituents is 1. The van der Waals surface area contributed by atoms with E-state index in [0.29, 0.717) is 17.7 Å². The zero-order valence-electron chi connectivity index (χ0n) is 17.5. The van der Waals surface area contributed by atoms with E-state index in [-0.39, 0.29) is 35.5 Å². The highest BCUT2D eigenvalue weighted by Crippen LogP contribution is 2.42. The highest BCUT2D eigenvalue weighted by molar-refractivity contribution is 6.46. The number of phenols is 1. The van der Waals surface area contributed by atoms with Gasteiger partial charge in [-0.15, -0.1) is 0 Å². The molecule has 2 N–H and O–H groups in total. The third-order valence-corrected chi connectivity index (χ3v) is 5.81. The average Bonchev–Trinajstić information content (AvgIpc) is 3.37. The second-order valence-electron chi connectivity index (χ2n) is 7.88. The third-order valence-electron chi connectivity index (χ3n) is 5.81. The molecular weight excluding hydrogens is 398 g/mol. The van der Waals surface area contributed by atoms with Crippen molar-refractivity contribution in [3.05, 3.63) is 64.7 Å². The highest BCUT2D eigenvalue weighted by atomic mass is 16.5. The number of benzene rings is 2. The van der Waals surface area contributed by atoms with Gasteiger partial charge in [0.2, 0.25) is 0 Å². The topological polar surface area (TPSA) is 96.3 Å². The number of hydrogen-bond acceptors (Lipinski definition) is 6. The van der Waals surface area contributed by atoms with Crippen molar-refractivity contribution in [2.45, 2.75) is 31.9 Å². The van der Waals surface area contributed by atoms with Gasteiger partial charge in [-0.3, -0.25) is 9.59 Å². The van der Waals surface area contributed by atoms with Crippen LogP contribution < -0.4 is 4.74 Å². The molecule has 2 saturated heterocycles. The molecule has 2 fully saturated rings. The Morgan fingerprint density at radius 2 is 1.94 bits per heavy atom. The SMILES string of the molecule is COc1cc([C@@H]2C(=C(O)c3ccc(C)cc3)C(=O)C(=O)N2C[C@H]2CCCO2)ccc1O. The number of Topliss-reactive ketones (excluding diaryl/α,β-unsaturated/α-hetero) is 1. The number of hydrogen-bond donors (Lipinski definition) is 2. The van der Waals surface area contributed by atoms with E-state index in [2.05, 4.69) is 0 Å². The number of aromatic hydroxyl groups is 1. The molecule has 0 aromatic heterocycles. The molecule has 0 spiro atoms. The first-order valence-electron chi connectivity index (χ1n) is 10.2. The summed E-state index contributed by atoms with van der Waals surface area (Å²) in [5.41, 5.74) is 2.03. The highest BCUT2D eigenvalue weighted by Gasteiger charge is 2.47. The van der Waals surface area contributed by atoms with Gasteiger partial charge in [0, 0.05) is 18.7 Å². The summed E-state index contributed by atoms with van der Waals surface area (Å²) in [7, 11) is 1.43. The monoisotopic (exact) mass is 423 g/mol. The van der Waals surface area contributed by atoms with Crippen LogP contribution in [0.3, 0.4) is 0 Å². The van der Waals surface area contributed by atoms with Crippen LogP contribution in [-0.4, -0.2) is 53.2 Å². The van der Waals surface area contributed by atoms with Crippen molar-refractivity contribution in [2.24, 2.45) is 0 Å². The van der Waals surface area contributed by atoms with Gasteiger partial charge in [0.1, 0.15) is 5.76 Å². The molecule has 2 heterocycles. The van der Waals surface area contributed by atoms with Gasteiger partial charge in [0.25, 0.3) is 11.7 Å². The number of aryl methyl sites for hydroxylation is 1. The third kappa shape index (κ3) is 3.88. The lowest BCUT2D eigenvalue weighted by molar-refractivity contribution is -0.140. The fourth-order valence-electron chi connectivity index (χ4n) is 4.15. The summed E-state index contributed by atoms with van der Waals surface area (Å²) in [6, 6.07) is 10.9. The molecule has 7 heteroatoms. The maximum Gasteiger partial charge on any atom is 0.295 e. The minimum Gasteiger partial charge on any atom is -0.507 e. The minimum absolute atomic E-state index is 0.0135. The van der Waals surface area contributed by atoms with Crippen molar-refractivity contribution in [1.29, 1.82) is 0 Å². The Morgan fingerprint density at radius 3 is 2.58 bits per heavy atom. The summed E-state index contributed by atoms with van der Waals surface area (Å²) < 4.78 is 10.9. The van der Waals surface area contributed by atoms with E-state index in [0.717, 1.165) is 18.4 Å². The van der Waals surface area contributed by atoms with E-state index >= 15 is 0 Å². The number of methoxy groups -OCH3 is 1. The van der Waals surface area contributed by atoms with Crippen LogP contribution in [-0.2, 0) is 14.3 Å². The molecule has 0 unspecified atom stereocenters. The molecule has 0 radical (unpaired) electrons. The molecule has 0 aliphatic carbocycles. The molecule has 7 nitrogen and oxygen atoms in total. The van der Waals surface area contributed by atoms with Crippen molar-refractivity contribution in [1.82, 2.24) is 4.90 Å². The summed E-state index contributed by atoms with van der Waals surface area (Å²) in [5.74, 6) is -1.49. The molecule has 2 aromatic carbocycles. The van der Waals surface area contributed by atoms with Crippen molar-refractivity contribution >= 4 is 17.4 Å². The van der Waals surface area contributed by atoms with Crippen molar-refractivity contribution in [2.75, 3.05) is 20.3 Å². The first kappa shape index (κ1) is 20.9. The van der Waals surface area contributed by atoms with Crippen molar-refractivity contribution < 1.29 is 29.3 Å². The maximum atomic E-state index is 13.0. The summed E-state index contributed by atoms with van der Waals surface area (Å²) in [6.07, 6.45) is 1.53. The molecule has 31 heavy (non-hydrogen) atoms. The average molecular weight is 423 g/mol. The molecular formula is C24H25NO6. The number of nitrogens with zero attached hydrogens (tertiary/aromatic N) is 1. The van der Waals surface area contributed by atoms with Gasteiger partial charge >= 0.3 is 0 Å². The van der Waals surface area contributed by atoms with Crippen LogP contribution in [0.1, 0.15) is 35.6 Å². The fourth-order valence-corrected chi connectivity index (χ4v) is 4.15. The number of rotatable bonds is 5. The molecule has 2 aliphatic rings. The van der Waals surface area contributed by atoms with Crippen molar-refractivity contribution in [3.63, 3.8) is 0 Å². The largest absolute Gasteiger partial charge is 0.507 e. The Hall–Kier alpha value is -3.32. The lowest BCUT2D eigenvalue weighted by Crippen LogP contribution is -2.36. The lowest BCUT2D eigenvalue weighted by Gasteiger charge is -2.27. The minimum atomic E-state index is -0.819. The standard InChI is InChI=1S/C24H25NO6/c1-14-5-7-15(8-6-14)22(27)20-21(16-9-10-18(26)19(12-16)30-2)25(24(29)23(20)28)13-17-4-3-11-31-17/h5-10,12,17,21,26-27H,3-4,11,13H2,1-2H3/t17-,21-/m1/s1. The van der Waals surface area contributed by atoms with Crippen molar-refractivity contribution in [3.8, 4) is 11.5 Å². The zero-order valence-corrected chi connectivity index (χ0v) is 17.5. The van der Waals surface area contributed by atoms with Crippen LogP contribution in [0.2, 0.25) is 0 Å². The molecule has 2 atom stereocenters. The van der Waals surface area contributed by atoms with E-state index in [1.54, 1.807) is 24.3 Å². The van der Waals surface area contributed by atoms with Gasteiger partial charge in [0.15, 0.2) is 11.5 Å². The first-order valence-corrected chi connectivity index (χ1v) is 10.2. The Morgan fingerprint density at radius 1 is 1.19 bits per heavy atom. The summed E-state index contributed by atoms with van der Waals surface area (Å²) >= 11 is 0. The van der Waals surface area contributed by atoms with Gasteiger partial charge < -0.3 is 24.6 Å². The number of aliphatic hydroxyl groups is 1. The van der Waals surface area contributed by atoms with Crippen LogP contribution >= 0.6 is 0 Å². The van der Waals surface area contributed by atoms with Gasteiger partial charge in [-0.25, -0.2) is 0 Å². The Labute approximate surface area is 180 Å². The molecule has 4 rings (SSSR count). The Bertz CT molecular complexity index is 1040. The van der Waals surface area contributed by atoms with E-state index in [9.17, 15) is 19.8 Å². The predicted octanol–water partition coefficient (Wildman–Crippen LogP) is 3.31. The van der Waals surface area contributed by atoms with Gasteiger partial charge in [-0.1, -0.05) is 35.9 Å². The molecule has 1 amide bonds. The van der Waals surface area contributed by atoms with Crippen LogP contribution in [0.25, 0.3) is 5.76 Å². The van der Waals surface area contributed by atoms with Gasteiger partial charge in [-0.05, 0) is 37.5 Å². The first-order chi connectivity index (χ1) is 14.9. The number of carbonyl (C=O) groups excluding carboxylic acids is 2. The summed E-state index contributed by atoms with van der Waals surface area (Å²) in [6.45, 7) is 2.78. The molecule has 2 aliphatic heterocycles. The van der Waals surface area contributed by atoms with E-state index in [1.807, 2.05) is 19.1 Å². The summed E-state index contributed by atoms with van der Waals surface area (Å²) in [4.78, 5) is 27.5. The number of ether oxygens (including phenoxy) is 2. The molecule has 0 bridgehead atoms. The second kappa shape index (κ2) is 8.43. The Kier molecular flexibility index (Phi) is 5.69. The number of carbonyl (C=O) groups is 2. The normalized spacial score (nSPS) is 22.8. The molecule has 2 aromatic rings. The smallest absolute Gasteiger partial charge is 0.295 e. The zero-order chi connectivity index (χ0) is 22.1. The summed E-state index contributed by atoms with van der Waals surface area (Å²) in [5, 5.41) is 21.1. The second-order valence-corrected chi connectivity index (χ2v) is 7.88. The predicted molar refractivity (Wildman–Crippen MR) is 114 cm³/mol. The lowest BCUT2D eigenvalue weighted by atomic mass is 9.94. The van der Waals surface area contributed by atoms with E-state index < -0.39 is 17.7 Å². The molecule has 0 saturated carbocycles. The van der Waals surface area contributed by atoms with Crippen LogP contribution in [0.15, 0.2) is 48.0 Å². The van der Waals surface area contributed by atoms with Crippen LogP contribution in [0.4, 0.5) is 0 Å². The van der Waals surface area contributed by atoms with E-state index in [4.69, 9.17) is 9.47 Å². The number of aliphatic hydroxyl groups excluding tert-OH is 1. The quantitative estimate of drug-likeness (QED) is 0.435. The number of amides is 1. The molecule has 162 valence electrons. The number of ketones is 1.